The third-order valence-electron chi connectivity index (χ3n) is 16.5. The van der Waals surface area contributed by atoms with Gasteiger partial charge in [-0.05, 0) is 93.1 Å². The molecule has 3 aliphatic heterocycles. The Morgan fingerprint density at radius 3 is 2.08 bits per heavy atom. The number of phenols is 1. The van der Waals surface area contributed by atoms with Crippen LogP contribution < -0.4 is 40.8 Å². The molecule has 1 unspecified atom stereocenters. The lowest BCUT2D eigenvalue weighted by Gasteiger charge is -2.33. The predicted octanol–water partition coefficient (Wildman–Crippen LogP) is 0.533. The smallest absolute Gasteiger partial charge is 0.407 e. The molecule has 3 heterocycles. The summed E-state index contributed by atoms with van der Waals surface area (Å²) in [6, 6.07) is 5.13. The number of alkyl carbamates (subject to hydrolysis) is 1. The van der Waals surface area contributed by atoms with Crippen molar-refractivity contribution in [1.82, 2.24) is 41.7 Å². The molecular weight excluding hydrogens is 1240 g/mol. The lowest BCUT2D eigenvalue weighted by molar-refractivity contribution is -0.433. The summed E-state index contributed by atoms with van der Waals surface area (Å²) in [5.74, 6) is -8.69. The number of β-amino-alcohol motifs (C(OH)–C–C–N with tert-alkyl or cyclic N) is 1. The molecule has 14 N–H and O–H groups in total. The monoisotopic (exact) mass is 1320 g/mol. The number of fused-ring (bicyclic) bond motifs is 2. The fraction of sp³-hybridized carbons (Fsp3) is 0.565. The molecule has 93 heavy (non-hydrogen) atoms. The first-order chi connectivity index (χ1) is 44.1. The number of rotatable bonds is 19. The Kier molecular flexibility index (Phi) is 26.0. The van der Waals surface area contributed by atoms with Crippen LogP contribution in [0.3, 0.4) is 0 Å². The normalized spacial score (nSPS) is 26.1. The van der Waals surface area contributed by atoms with Gasteiger partial charge in [0.2, 0.25) is 42.0 Å². The summed E-state index contributed by atoms with van der Waals surface area (Å²) in [7, 11) is 0. The average Bonchev–Trinajstić information content (AvgIpc) is 1.77. The maximum absolute atomic E-state index is 14.7. The van der Waals surface area contributed by atoms with Crippen LogP contribution in [0.4, 0.5) is 4.79 Å². The summed E-state index contributed by atoms with van der Waals surface area (Å²) < 4.78 is 21.0. The van der Waals surface area contributed by atoms with E-state index in [0.29, 0.717) is 17.2 Å². The number of ether oxygens (including phenoxy) is 2. The molecule has 4 fully saturated rings. The van der Waals surface area contributed by atoms with Crippen molar-refractivity contribution in [2.75, 3.05) is 32.8 Å². The van der Waals surface area contributed by atoms with Gasteiger partial charge in [0.05, 0.1) is 36.6 Å². The van der Waals surface area contributed by atoms with Crippen molar-refractivity contribution < 1.29 is 102 Å². The van der Waals surface area contributed by atoms with E-state index < -0.39 is 176 Å². The summed E-state index contributed by atoms with van der Waals surface area (Å²) in [5.41, 5.74) is 0.846. The molecule has 30 nitrogen and oxygen atoms in total. The van der Waals surface area contributed by atoms with Gasteiger partial charge in [0.1, 0.15) is 54.2 Å². The highest BCUT2D eigenvalue weighted by atomic mass is 32.2. The van der Waals surface area contributed by atoms with Crippen LogP contribution >= 0.6 is 12.3 Å². The van der Waals surface area contributed by atoms with Crippen LogP contribution in [0.25, 0.3) is 16.0 Å². The van der Waals surface area contributed by atoms with E-state index in [0.717, 1.165) is 66.5 Å². The molecule has 14 atom stereocenters. The molecule has 4 aliphatic rings. The second-order valence-electron chi connectivity index (χ2n) is 24.9. The highest BCUT2D eigenvalue weighted by molar-refractivity contribution is 7.90. The largest absolute Gasteiger partial charge is 0.504 e. The molecule has 1 aliphatic carbocycles. The maximum Gasteiger partial charge on any atom is 0.407 e. The Labute approximate surface area is 541 Å². The fourth-order valence-electron chi connectivity index (χ4n) is 11.8. The van der Waals surface area contributed by atoms with E-state index in [-0.39, 0.29) is 48.4 Å². The van der Waals surface area contributed by atoms with Crippen LogP contribution in [0.2, 0.25) is 0 Å². The van der Waals surface area contributed by atoms with Gasteiger partial charge in [-0.1, -0.05) is 78.7 Å². The number of amides is 8. The minimum absolute atomic E-state index is 0.0207. The highest BCUT2D eigenvalue weighted by Gasteiger charge is 2.50. The van der Waals surface area contributed by atoms with Crippen molar-refractivity contribution in [3.63, 3.8) is 0 Å². The Hall–Kier alpha value is -7.90. The molecule has 3 saturated heterocycles. The first-order valence-corrected chi connectivity index (χ1v) is 31.3. The second kappa shape index (κ2) is 33.3. The Balaban J connectivity index is 1.15. The number of benzene rings is 3. The molecule has 3 aromatic carbocycles. The maximum atomic E-state index is 14.7. The van der Waals surface area contributed by atoms with Gasteiger partial charge in [-0.3, -0.25) is 33.6 Å². The zero-order valence-electron chi connectivity index (χ0n) is 52.0. The fourth-order valence-corrected chi connectivity index (χ4v) is 12.0. The Morgan fingerprint density at radius 2 is 1.43 bits per heavy atom. The van der Waals surface area contributed by atoms with E-state index in [1.807, 2.05) is 12.1 Å². The van der Waals surface area contributed by atoms with E-state index >= 15 is 0 Å². The van der Waals surface area contributed by atoms with Crippen LogP contribution in [-0.2, 0) is 49.3 Å². The Bertz CT molecular complexity index is 3130. The number of aliphatic hydroxyl groups is 6. The number of aliphatic hydroxyl groups excluding tert-OH is 6. The first-order valence-electron chi connectivity index (χ1n) is 30.6. The summed E-state index contributed by atoms with van der Waals surface area (Å²) >= 11 is 0.0663. The molecule has 7 rings (SSSR count). The molecule has 8 amide bonds. The molecule has 0 spiro atoms. The first kappa shape index (κ1) is 72.5. The van der Waals surface area contributed by atoms with Crippen molar-refractivity contribution in [2.24, 2.45) is 11.8 Å². The quantitative estimate of drug-likeness (QED) is 0.0256. The van der Waals surface area contributed by atoms with Crippen LogP contribution in [0, 0.1) is 18.4 Å². The molecular formula is C62H83N9O21S. The second-order valence-corrected chi connectivity index (χ2v) is 25.4. The lowest BCUT2D eigenvalue weighted by Crippen LogP contribution is -2.64. The number of hydrogen-bond acceptors (Lipinski definition) is 22. The number of carbonyl (C=O) groups is 8. The molecule has 0 radical (unpaired) electrons. The van der Waals surface area contributed by atoms with Crippen molar-refractivity contribution in [3.05, 3.63) is 89.3 Å². The van der Waals surface area contributed by atoms with E-state index in [1.165, 1.54) is 31.5 Å². The number of nitrogens with zero attached hydrogens (tertiary/aromatic N) is 3. The number of aromatic hydroxyl groups is 1. The van der Waals surface area contributed by atoms with Crippen LogP contribution in [0.15, 0.2) is 66.7 Å². The van der Waals surface area contributed by atoms with Gasteiger partial charge in [-0.25, -0.2) is 16.6 Å². The van der Waals surface area contributed by atoms with Crippen molar-refractivity contribution >= 4 is 59.8 Å². The summed E-state index contributed by atoms with van der Waals surface area (Å²) in [6.45, 7) is 13.2. The van der Waals surface area contributed by atoms with Gasteiger partial charge in [-0.15, -0.1) is 0 Å². The van der Waals surface area contributed by atoms with Crippen LogP contribution in [0.1, 0.15) is 102 Å². The minimum atomic E-state index is -2.16. The summed E-state index contributed by atoms with van der Waals surface area (Å²) in [5, 5.41) is 106. The van der Waals surface area contributed by atoms with E-state index in [2.05, 4.69) is 46.1 Å². The van der Waals surface area contributed by atoms with Gasteiger partial charge in [-0.2, -0.15) is 0 Å². The third kappa shape index (κ3) is 20.1. The molecule has 508 valence electrons. The standard InChI is InChI=1S/C62H83N9O21S/c1-32-29-71-52(53(32)78)58(83)64-27-40(73)25-43(66-54(79)38-15-13-36(14-16-38)37-17-19-42(20-18-37)88-31-39(22-34-10-8-7-9-11-34)65-61(86)89-62(3,4)5)55(80)67-49(33(2)72)59(84)70-30-41(74)26-44(70)56(81)68-50(57(82)69-51(60(71)85)47(77)28-63-6)46(76)23-35-12-21-45(75)48(24-35)90-93-92-91-87/h12-21,24,32-34,39-41,43-44,46-47,49-53,72-78,87H,7-11,22-23,25-31H2,1-5H3,(H,64,83)(H,65,86)(H,66,79)(H,67,80)(H,68,81)(H,69,82)/t32-,33+,39?,40+,41+,43+,44+,46-,47-,49+,50+,51+,52+,53+/m1/s1. The predicted molar refractivity (Wildman–Crippen MR) is 329 cm³/mol. The van der Waals surface area contributed by atoms with Crippen molar-refractivity contribution in [3.8, 4) is 28.4 Å². The van der Waals surface area contributed by atoms with Crippen LogP contribution in [-0.4, -0.2) is 216 Å². The average molecular weight is 1320 g/mol. The van der Waals surface area contributed by atoms with Gasteiger partial charge in [0.15, 0.2) is 17.6 Å². The van der Waals surface area contributed by atoms with Gasteiger partial charge in [0.25, 0.3) is 18.2 Å². The van der Waals surface area contributed by atoms with E-state index in [1.54, 1.807) is 45.0 Å². The number of hydrogen-bond donors (Lipinski definition) is 14. The van der Waals surface area contributed by atoms with Crippen LogP contribution in [0.5, 0.6) is 17.2 Å². The van der Waals surface area contributed by atoms with Crippen molar-refractivity contribution in [1.29, 1.82) is 0 Å². The number of carbonyl (C=O) groups excluding carboxylic acids is 8. The Morgan fingerprint density at radius 1 is 0.785 bits per heavy atom. The highest BCUT2D eigenvalue weighted by Crippen LogP contribution is 2.33. The number of phenolic OH excluding ortho intramolecular Hbond substituents is 1. The molecule has 1 saturated carbocycles. The molecule has 0 bridgehead atoms. The third-order valence-corrected chi connectivity index (χ3v) is 16.9. The van der Waals surface area contributed by atoms with Gasteiger partial charge in [0, 0.05) is 50.4 Å². The van der Waals surface area contributed by atoms with E-state index in [9.17, 15) is 74.1 Å². The molecule has 31 heteroatoms. The summed E-state index contributed by atoms with van der Waals surface area (Å²) in [6.07, 6.45) is -6.54. The van der Waals surface area contributed by atoms with Gasteiger partial charge >= 0.3 is 6.09 Å². The minimum Gasteiger partial charge on any atom is -0.504 e. The zero-order chi connectivity index (χ0) is 67.8. The number of nitrogens with one attached hydrogen (secondary N) is 6. The zero-order valence-corrected chi connectivity index (χ0v) is 52.9. The molecule has 3 aromatic rings. The summed E-state index contributed by atoms with van der Waals surface area (Å²) in [4.78, 5) is 119. The topological polar surface area (TPSA) is 428 Å². The lowest BCUT2D eigenvalue weighted by atomic mass is 9.85. The van der Waals surface area contributed by atoms with Crippen molar-refractivity contribution in [2.45, 2.75) is 177 Å². The molecule has 0 aromatic heterocycles. The van der Waals surface area contributed by atoms with E-state index in [4.69, 9.17) is 25.5 Å². The SMILES string of the molecule is [C-]#[N+]C[C@@H](O)[C@@H]1NC(=O)[C@H]([C@H](O)Cc2ccc(O)c(OSOOO)c2)NC(=O)[C@@H]2C[C@H](O)CN2C(=O)[C@H]([C@H](C)O)NC(=O)[C@@H](NC(=O)c2ccc(-c3ccc(OCC(CC4CCCCC4)NC(=O)OC(C)(C)C)cc3)cc2)C[C@H](O)CNC(=O)[C@@H]2[C@@H](O)[C@H](C)CN2C1=O. The van der Waals surface area contributed by atoms with Gasteiger partial charge < -0.3 is 95.9 Å².